The molecule has 0 unspecified atom stereocenters. The topological polar surface area (TPSA) is 100 Å². The predicted octanol–water partition coefficient (Wildman–Crippen LogP) is 0.908. The summed E-state index contributed by atoms with van der Waals surface area (Å²) in [6, 6.07) is -0.332. The fourth-order valence-corrected chi connectivity index (χ4v) is 1.98. The van der Waals surface area contributed by atoms with Gasteiger partial charge in [-0.1, -0.05) is 13.8 Å². The van der Waals surface area contributed by atoms with Gasteiger partial charge in [0.2, 0.25) is 0 Å². The summed E-state index contributed by atoms with van der Waals surface area (Å²) in [6.45, 7) is 4.31. The molecular weight excluding hydrogens is 292 g/mol. The Balaban J connectivity index is 2.70. The zero-order chi connectivity index (χ0) is 16.7. The molecule has 1 aliphatic rings. The van der Waals surface area contributed by atoms with Gasteiger partial charge in [-0.15, -0.1) is 0 Å². The summed E-state index contributed by atoms with van der Waals surface area (Å²) in [6.07, 6.45) is -1.38. The minimum atomic E-state index is -0.740. The number of nitrogens with one attached hydrogen (secondary N) is 2. The SMILES string of the molecule is CCCOC(=O)N[C@@H]1[C@H](NC(=O)OCCC)N(C)C(=O)N1C. The summed E-state index contributed by atoms with van der Waals surface area (Å²) in [7, 11) is 3.06. The number of hydrogen-bond donors (Lipinski definition) is 2. The van der Waals surface area contributed by atoms with Crippen molar-refractivity contribution in [2.75, 3.05) is 27.3 Å². The first-order valence-corrected chi connectivity index (χ1v) is 7.28. The first kappa shape index (κ1) is 17.9. The van der Waals surface area contributed by atoms with Crippen LogP contribution in [-0.2, 0) is 9.47 Å². The van der Waals surface area contributed by atoms with Crippen LogP contribution in [0.5, 0.6) is 0 Å². The highest BCUT2D eigenvalue weighted by atomic mass is 16.6. The van der Waals surface area contributed by atoms with Gasteiger partial charge >= 0.3 is 18.2 Å². The van der Waals surface area contributed by atoms with Gasteiger partial charge in [0, 0.05) is 14.1 Å². The number of ether oxygens (including phenoxy) is 2. The molecule has 1 heterocycles. The van der Waals surface area contributed by atoms with E-state index in [0.29, 0.717) is 12.8 Å². The van der Waals surface area contributed by atoms with Crippen LogP contribution in [0.1, 0.15) is 26.7 Å². The number of carbonyl (C=O) groups excluding carboxylic acids is 3. The van der Waals surface area contributed by atoms with E-state index in [2.05, 4.69) is 10.6 Å². The number of hydrogen-bond acceptors (Lipinski definition) is 5. The lowest BCUT2D eigenvalue weighted by Crippen LogP contribution is -2.56. The highest BCUT2D eigenvalue weighted by molar-refractivity contribution is 5.80. The second kappa shape index (κ2) is 8.30. The van der Waals surface area contributed by atoms with Crippen molar-refractivity contribution in [1.29, 1.82) is 0 Å². The molecule has 9 heteroatoms. The van der Waals surface area contributed by atoms with E-state index in [1.807, 2.05) is 13.8 Å². The van der Waals surface area contributed by atoms with Gasteiger partial charge in [-0.05, 0) is 12.8 Å². The molecule has 0 bridgehead atoms. The van der Waals surface area contributed by atoms with Gasteiger partial charge < -0.3 is 19.3 Å². The maximum atomic E-state index is 12.0. The molecule has 2 N–H and O–H groups in total. The van der Waals surface area contributed by atoms with E-state index in [-0.39, 0.29) is 19.2 Å². The molecule has 0 saturated carbocycles. The fourth-order valence-electron chi connectivity index (χ4n) is 1.98. The van der Waals surface area contributed by atoms with Crippen LogP contribution in [0.25, 0.3) is 0 Å². The van der Waals surface area contributed by atoms with Gasteiger partial charge in [-0.3, -0.25) is 10.6 Å². The Hall–Kier alpha value is -2.19. The number of rotatable bonds is 6. The quantitative estimate of drug-likeness (QED) is 0.758. The van der Waals surface area contributed by atoms with E-state index < -0.39 is 24.5 Å². The fraction of sp³-hybridized carbons (Fsp3) is 0.769. The molecular formula is C13H24N4O5. The number of amides is 4. The molecule has 0 radical (unpaired) electrons. The van der Waals surface area contributed by atoms with Gasteiger partial charge in [0.05, 0.1) is 13.2 Å². The van der Waals surface area contributed by atoms with Gasteiger partial charge in [-0.2, -0.15) is 0 Å². The third kappa shape index (κ3) is 4.40. The van der Waals surface area contributed by atoms with E-state index in [4.69, 9.17) is 9.47 Å². The Morgan fingerprint density at radius 1 is 0.955 bits per heavy atom. The van der Waals surface area contributed by atoms with Gasteiger partial charge in [-0.25, -0.2) is 14.4 Å². The molecule has 0 aliphatic carbocycles. The van der Waals surface area contributed by atoms with Gasteiger partial charge in [0.1, 0.15) is 12.3 Å². The highest BCUT2D eigenvalue weighted by Gasteiger charge is 2.44. The van der Waals surface area contributed by atoms with Crippen molar-refractivity contribution in [2.24, 2.45) is 0 Å². The standard InChI is InChI=1S/C13H24N4O5/c1-5-7-21-11(18)14-9-10(15-12(19)22-8-6-2)17(4)13(20)16(9)3/h9-10H,5-8H2,1-4H3,(H,14,18)(H,15,19)/t9-,10+. The van der Waals surface area contributed by atoms with Crippen molar-refractivity contribution in [3.63, 3.8) is 0 Å². The number of likely N-dealkylation sites (N-methyl/N-ethyl adjacent to an activating group) is 2. The van der Waals surface area contributed by atoms with Crippen LogP contribution in [0, 0.1) is 0 Å². The monoisotopic (exact) mass is 316 g/mol. The van der Waals surface area contributed by atoms with Crippen molar-refractivity contribution in [3.8, 4) is 0 Å². The third-order valence-electron chi connectivity index (χ3n) is 3.14. The van der Waals surface area contributed by atoms with Crippen molar-refractivity contribution in [2.45, 2.75) is 39.0 Å². The molecule has 0 aromatic carbocycles. The molecule has 126 valence electrons. The van der Waals surface area contributed by atoms with Crippen LogP contribution in [0.15, 0.2) is 0 Å². The smallest absolute Gasteiger partial charge is 0.408 e. The average molecular weight is 316 g/mol. The Labute approximate surface area is 129 Å². The number of nitrogens with zero attached hydrogens (tertiary/aromatic N) is 2. The van der Waals surface area contributed by atoms with Crippen LogP contribution in [-0.4, -0.2) is 67.7 Å². The van der Waals surface area contributed by atoms with E-state index in [1.165, 1.54) is 23.9 Å². The van der Waals surface area contributed by atoms with Crippen molar-refractivity contribution >= 4 is 18.2 Å². The van der Waals surface area contributed by atoms with E-state index in [0.717, 1.165) is 0 Å². The minimum Gasteiger partial charge on any atom is -0.450 e. The van der Waals surface area contributed by atoms with Gasteiger partial charge in [0.15, 0.2) is 0 Å². The molecule has 1 saturated heterocycles. The largest absolute Gasteiger partial charge is 0.450 e. The predicted molar refractivity (Wildman–Crippen MR) is 78.0 cm³/mol. The van der Waals surface area contributed by atoms with Crippen molar-refractivity contribution < 1.29 is 23.9 Å². The number of alkyl carbamates (subject to hydrolysis) is 2. The Bertz CT molecular complexity index is 381. The van der Waals surface area contributed by atoms with Gasteiger partial charge in [0.25, 0.3) is 0 Å². The lowest BCUT2D eigenvalue weighted by atomic mass is 10.3. The molecule has 1 fully saturated rings. The molecule has 2 atom stereocenters. The van der Waals surface area contributed by atoms with Crippen LogP contribution in [0.4, 0.5) is 14.4 Å². The second-order valence-corrected chi connectivity index (χ2v) is 4.95. The lowest BCUT2D eigenvalue weighted by Gasteiger charge is -2.26. The van der Waals surface area contributed by atoms with Crippen molar-refractivity contribution in [1.82, 2.24) is 20.4 Å². The first-order chi connectivity index (χ1) is 10.4. The number of carbonyl (C=O) groups is 3. The normalized spacial score (nSPS) is 20.8. The van der Waals surface area contributed by atoms with Crippen LogP contribution >= 0.6 is 0 Å². The maximum Gasteiger partial charge on any atom is 0.408 e. The van der Waals surface area contributed by atoms with Crippen LogP contribution < -0.4 is 10.6 Å². The molecule has 0 spiro atoms. The second-order valence-electron chi connectivity index (χ2n) is 4.95. The third-order valence-corrected chi connectivity index (χ3v) is 3.14. The van der Waals surface area contributed by atoms with E-state index >= 15 is 0 Å². The molecule has 1 aliphatic heterocycles. The molecule has 0 aromatic rings. The summed E-state index contributed by atoms with van der Waals surface area (Å²) in [5.41, 5.74) is 0. The zero-order valence-electron chi connectivity index (χ0n) is 13.4. The Morgan fingerprint density at radius 2 is 1.32 bits per heavy atom. The number of urea groups is 1. The summed E-state index contributed by atoms with van der Waals surface area (Å²) in [5.74, 6) is 0. The molecule has 1 rings (SSSR count). The summed E-state index contributed by atoms with van der Waals surface area (Å²) in [5, 5.41) is 5.14. The van der Waals surface area contributed by atoms with Crippen molar-refractivity contribution in [3.05, 3.63) is 0 Å². The lowest BCUT2D eigenvalue weighted by molar-refractivity contribution is 0.114. The van der Waals surface area contributed by atoms with E-state index in [9.17, 15) is 14.4 Å². The summed E-state index contributed by atoms with van der Waals surface area (Å²) >= 11 is 0. The summed E-state index contributed by atoms with van der Waals surface area (Å²) in [4.78, 5) is 38.0. The molecule has 4 amide bonds. The van der Waals surface area contributed by atoms with Crippen LogP contribution in [0.2, 0.25) is 0 Å². The molecule has 22 heavy (non-hydrogen) atoms. The Kier molecular flexibility index (Phi) is 6.74. The first-order valence-electron chi connectivity index (χ1n) is 7.28. The minimum absolute atomic E-state index is 0.280. The average Bonchev–Trinajstić information content (AvgIpc) is 2.69. The van der Waals surface area contributed by atoms with Crippen LogP contribution in [0.3, 0.4) is 0 Å². The molecule has 9 nitrogen and oxygen atoms in total. The molecule has 0 aromatic heterocycles. The zero-order valence-corrected chi connectivity index (χ0v) is 13.4. The highest BCUT2D eigenvalue weighted by Crippen LogP contribution is 2.16. The Morgan fingerprint density at radius 3 is 1.64 bits per heavy atom. The van der Waals surface area contributed by atoms with E-state index in [1.54, 1.807) is 0 Å². The maximum absolute atomic E-state index is 12.0. The summed E-state index contributed by atoms with van der Waals surface area (Å²) < 4.78 is 9.88.